The molecule has 0 radical (unpaired) electrons. The minimum Gasteiger partial charge on any atom is -0.388 e. The van der Waals surface area contributed by atoms with Gasteiger partial charge in [-0.15, -0.1) is 0 Å². The first kappa shape index (κ1) is 26.0. The fourth-order valence-electron chi connectivity index (χ4n) is 6.42. The smallest absolute Gasteiger partial charge is 0.240 e. The second-order valence-electron chi connectivity index (χ2n) is 11.4. The van der Waals surface area contributed by atoms with Crippen LogP contribution in [0, 0.1) is 23.7 Å². The third kappa shape index (κ3) is 5.68. The zero-order chi connectivity index (χ0) is 24.4. The molecule has 8 heteroatoms. The first-order valence-electron chi connectivity index (χ1n) is 13.3. The van der Waals surface area contributed by atoms with Gasteiger partial charge in [0, 0.05) is 13.2 Å². The van der Waals surface area contributed by atoms with Gasteiger partial charge in [-0.2, -0.15) is 0 Å². The van der Waals surface area contributed by atoms with E-state index in [2.05, 4.69) is 30.6 Å². The Hall–Kier alpha value is -1.03. The van der Waals surface area contributed by atoms with Crippen LogP contribution in [0.25, 0.3) is 0 Å². The maximum Gasteiger partial charge on any atom is 0.240 e. The Balaban J connectivity index is 1.48. The minimum atomic E-state index is -1.31. The zero-order valence-corrected chi connectivity index (χ0v) is 20.8. The molecule has 34 heavy (non-hydrogen) atoms. The van der Waals surface area contributed by atoms with Crippen LogP contribution in [0.1, 0.15) is 59.3 Å². The molecule has 8 nitrogen and oxygen atoms in total. The molecular weight excluding hydrogens is 436 g/mol. The number of ether oxygens (including phenoxy) is 2. The summed E-state index contributed by atoms with van der Waals surface area (Å²) in [7, 11) is 0. The predicted octanol–water partition coefficient (Wildman–Crippen LogP) is 1.13. The second kappa shape index (κ2) is 11.4. The summed E-state index contributed by atoms with van der Waals surface area (Å²) in [6, 6.07) is -0.997. The van der Waals surface area contributed by atoms with Crippen molar-refractivity contribution in [3.8, 4) is 0 Å². The quantitative estimate of drug-likeness (QED) is 0.383. The normalized spacial score (nSPS) is 46.4. The average molecular weight is 481 g/mol. The van der Waals surface area contributed by atoms with Gasteiger partial charge in [-0.25, -0.2) is 0 Å². The van der Waals surface area contributed by atoms with Gasteiger partial charge in [-0.3, -0.25) is 4.79 Å². The fourth-order valence-corrected chi connectivity index (χ4v) is 6.42. The van der Waals surface area contributed by atoms with E-state index in [1.54, 1.807) is 0 Å². The Morgan fingerprint density at radius 1 is 1.15 bits per heavy atom. The van der Waals surface area contributed by atoms with E-state index in [4.69, 9.17) is 9.47 Å². The van der Waals surface area contributed by atoms with Crippen LogP contribution in [0.5, 0.6) is 0 Å². The van der Waals surface area contributed by atoms with E-state index in [0.29, 0.717) is 30.8 Å². The van der Waals surface area contributed by atoms with Gasteiger partial charge in [0.25, 0.3) is 0 Å². The van der Waals surface area contributed by atoms with Gasteiger partial charge < -0.3 is 35.4 Å². The summed E-state index contributed by atoms with van der Waals surface area (Å²) in [5.41, 5.74) is 0. The highest BCUT2D eigenvalue weighted by Crippen LogP contribution is 2.34. The molecular formula is C26H44N2O6. The summed E-state index contributed by atoms with van der Waals surface area (Å²) in [5, 5.41) is 38.2. The van der Waals surface area contributed by atoms with Gasteiger partial charge in [-0.1, -0.05) is 32.9 Å². The zero-order valence-electron chi connectivity index (χ0n) is 20.8. The van der Waals surface area contributed by atoms with Gasteiger partial charge in [0.2, 0.25) is 5.91 Å². The number of nitrogens with one attached hydrogen (secondary N) is 2. The Kier molecular flexibility index (Phi) is 8.70. The molecule has 194 valence electrons. The van der Waals surface area contributed by atoms with Crippen molar-refractivity contribution in [1.82, 2.24) is 10.6 Å². The van der Waals surface area contributed by atoms with Crippen LogP contribution in [0.2, 0.25) is 0 Å². The summed E-state index contributed by atoms with van der Waals surface area (Å²) in [5.74, 6) is 1.30. The average Bonchev–Trinajstić information content (AvgIpc) is 3.08. The third-order valence-electron chi connectivity index (χ3n) is 8.23. The van der Waals surface area contributed by atoms with Crippen LogP contribution < -0.4 is 10.6 Å². The van der Waals surface area contributed by atoms with Gasteiger partial charge in [0.1, 0.15) is 30.5 Å². The standard InChI is InChI=1S/C26H44N2O6/c1-14(2)11-16-9-10-33-24-17(12-16)13-27-20(24)26(32)28-19-15(3)7-5-4-6-8-18-21(29)22(30)23(31)25(19)34-18/h5,7,14-25,27,29-31H,4,6,8-13H2,1-3H3,(H,28,32)/b7-5-/t15-,16+,17+,18-,19-,20+,21+,22-,23-,24-,25-/m1/s1. The molecule has 4 heterocycles. The van der Waals surface area contributed by atoms with Crippen LogP contribution in [-0.2, 0) is 14.3 Å². The van der Waals surface area contributed by atoms with Crippen molar-refractivity contribution < 1.29 is 29.6 Å². The Morgan fingerprint density at radius 3 is 2.71 bits per heavy atom. The number of hydrogen-bond acceptors (Lipinski definition) is 7. The Morgan fingerprint density at radius 2 is 1.94 bits per heavy atom. The third-order valence-corrected chi connectivity index (χ3v) is 8.23. The van der Waals surface area contributed by atoms with Gasteiger partial charge in [0.05, 0.1) is 18.2 Å². The molecule has 0 spiro atoms. The highest BCUT2D eigenvalue weighted by molar-refractivity contribution is 5.83. The molecule has 4 rings (SSSR count). The Bertz CT molecular complexity index is 717. The molecule has 4 aliphatic heterocycles. The molecule has 0 aromatic carbocycles. The van der Waals surface area contributed by atoms with Crippen LogP contribution in [0.3, 0.4) is 0 Å². The molecule has 1 amide bonds. The van der Waals surface area contributed by atoms with Crippen molar-refractivity contribution in [2.75, 3.05) is 13.2 Å². The van der Waals surface area contributed by atoms with Gasteiger partial charge in [0.15, 0.2) is 0 Å². The molecule has 0 saturated carbocycles. The van der Waals surface area contributed by atoms with Crippen LogP contribution >= 0.6 is 0 Å². The van der Waals surface area contributed by atoms with E-state index in [0.717, 1.165) is 32.2 Å². The Labute approximate surface area is 203 Å². The second-order valence-corrected chi connectivity index (χ2v) is 11.4. The number of carbonyl (C=O) groups is 1. The molecule has 3 saturated heterocycles. The monoisotopic (exact) mass is 480 g/mol. The first-order chi connectivity index (χ1) is 16.3. The van der Waals surface area contributed by atoms with Crippen molar-refractivity contribution in [3.05, 3.63) is 12.2 Å². The molecule has 5 N–H and O–H groups in total. The largest absolute Gasteiger partial charge is 0.388 e. The van der Waals surface area contributed by atoms with Crippen LogP contribution in [-0.4, -0.2) is 83.1 Å². The van der Waals surface area contributed by atoms with Crippen molar-refractivity contribution >= 4 is 5.91 Å². The topological polar surface area (TPSA) is 120 Å². The number of allylic oxidation sites excluding steroid dienone is 1. The first-order valence-corrected chi connectivity index (χ1v) is 13.3. The van der Waals surface area contributed by atoms with Gasteiger partial charge in [-0.05, 0) is 62.2 Å². The van der Waals surface area contributed by atoms with E-state index in [9.17, 15) is 20.1 Å². The number of rotatable bonds is 4. The lowest BCUT2D eigenvalue weighted by Crippen LogP contribution is -2.65. The molecule has 0 aromatic rings. The van der Waals surface area contributed by atoms with Crippen molar-refractivity contribution in [3.63, 3.8) is 0 Å². The summed E-state index contributed by atoms with van der Waals surface area (Å²) >= 11 is 0. The summed E-state index contributed by atoms with van der Waals surface area (Å²) in [6.07, 6.45) is 4.37. The molecule has 0 aliphatic carbocycles. The lowest BCUT2D eigenvalue weighted by Gasteiger charge is -2.45. The summed E-state index contributed by atoms with van der Waals surface area (Å²) in [6.45, 7) is 7.91. The van der Waals surface area contributed by atoms with Gasteiger partial charge >= 0.3 is 0 Å². The number of fused-ring (bicyclic) bond motifs is 3. The highest BCUT2D eigenvalue weighted by Gasteiger charge is 2.49. The molecule has 2 bridgehead atoms. The molecule has 4 aliphatic rings. The van der Waals surface area contributed by atoms with Crippen LogP contribution in [0.4, 0.5) is 0 Å². The maximum atomic E-state index is 13.5. The number of carbonyl (C=O) groups excluding carboxylic acids is 1. The van der Waals surface area contributed by atoms with Crippen LogP contribution in [0.15, 0.2) is 12.2 Å². The van der Waals surface area contributed by atoms with E-state index < -0.39 is 42.6 Å². The molecule has 0 unspecified atom stereocenters. The SMILES string of the molecule is CC(C)C[C@@H]1CCO[C@@H]2[C@H](CN[C@@H]2C(=O)N[C@H]2[C@H]3O[C@H](CCC/C=C\[C@H]2C)[C@H](O)[C@@H](O)[C@H]3O)C1. The minimum absolute atomic E-state index is 0.118. The van der Waals surface area contributed by atoms with Crippen molar-refractivity contribution in [2.45, 2.75) is 108 Å². The number of aliphatic hydroxyl groups is 3. The van der Waals surface area contributed by atoms with E-state index in [-0.39, 0.29) is 17.9 Å². The molecule has 0 aromatic heterocycles. The maximum absolute atomic E-state index is 13.5. The molecule has 3 fully saturated rings. The number of amides is 1. The lowest BCUT2D eigenvalue weighted by atomic mass is 9.83. The number of aliphatic hydroxyl groups excluding tert-OH is 3. The lowest BCUT2D eigenvalue weighted by molar-refractivity contribution is -0.232. The summed E-state index contributed by atoms with van der Waals surface area (Å²) < 4.78 is 12.3. The summed E-state index contributed by atoms with van der Waals surface area (Å²) in [4.78, 5) is 13.5. The van der Waals surface area contributed by atoms with E-state index in [1.165, 1.54) is 6.42 Å². The van der Waals surface area contributed by atoms with Crippen molar-refractivity contribution in [2.24, 2.45) is 23.7 Å². The van der Waals surface area contributed by atoms with E-state index >= 15 is 0 Å². The predicted molar refractivity (Wildman–Crippen MR) is 128 cm³/mol. The number of hydrogen-bond donors (Lipinski definition) is 5. The molecule has 11 atom stereocenters. The highest BCUT2D eigenvalue weighted by atomic mass is 16.5. The van der Waals surface area contributed by atoms with Crippen molar-refractivity contribution in [1.29, 1.82) is 0 Å². The van der Waals surface area contributed by atoms with E-state index in [1.807, 2.05) is 13.0 Å². The fraction of sp³-hybridized carbons (Fsp3) is 0.885.